The summed E-state index contributed by atoms with van der Waals surface area (Å²) in [5.74, 6) is 0. The molecule has 0 bridgehead atoms. The average molecular weight is 416 g/mol. The van der Waals surface area contributed by atoms with Gasteiger partial charge < -0.3 is 9.47 Å². The highest BCUT2D eigenvalue weighted by atomic mass is 32.1. The van der Waals surface area contributed by atoms with E-state index >= 15 is 0 Å². The number of thiophene rings is 1. The van der Waals surface area contributed by atoms with Gasteiger partial charge in [0.2, 0.25) is 0 Å². The molecule has 0 spiro atoms. The summed E-state index contributed by atoms with van der Waals surface area (Å²) in [7, 11) is 3.09. The van der Waals surface area contributed by atoms with Crippen LogP contribution in [0.2, 0.25) is 0 Å². The van der Waals surface area contributed by atoms with Gasteiger partial charge in [-0.15, -0.1) is 11.3 Å². The van der Waals surface area contributed by atoms with E-state index in [1.54, 1.807) is 30.9 Å². The first-order valence-electron chi connectivity index (χ1n) is 9.72. The first kappa shape index (κ1) is 20.0. The third-order valence-corrected chi connectivity index (χ3v) is 6.76. The number of hydrogen-bond donors (Lipinski definition) is 0. The summed E-state index contributed by atoms with van der Waals surface area (Å²) in [6.07, 6.45) is 0.229. The second-order valence-corrected chi connectivity index (χ2v) is 8.16. The number of benzene rings is 1. The van der Waals surface area contributed by atoms with Gasteiger partial charge in [-0.2, -0.15) is 0 Å². The molecular formula is C21H25N3O4S. The van der Waals surface area contributed by atoms with Crippen LogP contribution in [0.4, 0.5) is 0 Å². The van der Waals surface area contributed by atoms with Gasteiger partial charge in [0.05, 0.1) is 17.6 Å². The lowest BCUT2D eigenvalue weighted by molar-refractivity contribution is -0.110. The quantitative estimate of drug-likeness (QED) is 0.578. The number of aromatic nitrogens is 2. The summed E-state index contributed by atoms with van der Waals surface area (Å²) in [5, 5.41) is 0.648. The van der Waals surface area contributed by atoms with Gasteiger partial charge in [-0.25, -0.2) is 9.36 Å². The van der Waals surface area contributed by atoms with Gasteiger partial charge in [0.15, 0.2) is 6.29 Å². The normalized spacial score (nSPS) is 14.6. The second kappa shape index (κ2) is 8.23. The Hall–Kier alpha value is -2.26. The van der Waals surface area contributed by atoms with Crippen LogP contribution in [-0.2, 0) is 29.0 Å². The van der Waals surface area contributed by atoms with Crippen LogP contribution in [-0.4, -0.2) is 47.6 Å². The van der Waals surface area contributed by atoms with Gasteiger partial charge in [-0.05, 0) is 30.7 Å². The summed E-state index contributed by atoms with van der Waals surface area (Å²) < 4.78 is 13.6. The number of hydrogen-bond acceptors (Lipinski definition) is 6. The van der Waals surface area contributed by atoms with Crippen molar-refractivity contribution >= 4 is 21.6 Å². The molecule has 154 valence electrons. The zero-order chi connectivity index (χ0) is 20.5. The molecule has 7 nitrogen and oxygen atoms in total. The maximum absolute atomic E-state index is 13.5. The molecule has 0 amide bonds. The van der Waals surface area contributed by atoms with Crippen LogP contribution in [0.1, 0.15) is 17.4 Å². The summed E-state index contributed by atoms with van der Waals surface area (Å²) in [6, 6.07) is 9.07. The minimum Gasteiger partial charge on any atom is -0.354 e. The van der Waals surface area contributed by atoms with Crippen LogP contribution >= 0.6 is 11.3 Å². The van der Waals surface area contributed by atoms with Gasteiger partial charge in [-0.1, -0.05) is 25.1 Å². The number of methoxy groups -OCH3 is 2. The van der Waals surface area contributed by atoms with E-state index in [1.165, 1.54) is 15.9 Å². The molecule has 0 unspecified atom stereocenters. The predicted molar refractivity (Wildman–Crippen MR) is 114 cm³/mol. The predicted octanol–water partition coefficient (Wildman–Crippen LogP) is 2.21. The van der Waals surface area contributed by atoms with Crippen LogP contribution in [0.25, 0.3) is 15.9 Å². The lowest BCUT2D eigenvalue weighted by Crippen LogP contribution is -2.41. The van der Waals surface area contributed by atoms with E-state index in [1.807, 2.05) is 18.2 Å². The highest BCUT2D eigenvalue weighted by molar-refractivity contribution is 7.18. The fraction of sp³-hybridized carbons (Fsp3) is 0.429. The molecule has 3 heterocycles. The molecule has 2 aromatic heterocycles. The van der Waals surface area contributed by atoms with E-state index < -0.39 is 6.29 Å². The van der Waals surface area contributed by atoms with Crippen LogP contribution in [0.5, 0.6) is 0 Å². The monoisotopic (exact) mass is 415 g/mol. The minimum atomic E-state index is -0.580. The third-order valence-electron chi connectivity index (χ3n) is 5.52. The lowest BCUT2D eigenvalue weighted by atomic mass is 10.1. The molecule has 1 aliphatic rings. The Morgan fingerprint density at radius 3 is 2.52 bits per heavy atom. The van der Waals surface area contributed by atoms with Crippen molar-refractivity contribution in [1.29, 1.82) is 0 Å². The Bertz CT molecular complexity index is 1130. The largest absolute Gasteiger partial charge is 0.354 e. The minimum absolute atomic E-state index is 0.215. The molecule has 0 saturated heterocycles. The number of nitrogens with zero attached hydrogens (tertiary/aromatic N) is 3. The SMILES string of the molecule is CCN1CCc2c(sc3c2c(=O)n(-c2ccccc2)c(=O)n3CC(OC)OC)C1. The van der Waals surface area contributed by atoms with Gasteiger partial charge in [0, 0.05) is 32.2 Å². The van der Waals surface area contributed by atoms with Crippen molar-refractivity contribution in [3.8, 4) is 5.69 Å². The molecule has 1 aromatic carbocycles. The fourth-order valence-corrected chi connectivity index (χ4v) is 5.27. The molecule has 0 atom stereocenters. The summed E-state index contributed by atoms with van der Waals surface area (Å²) in [4.78, 5) is 31.1. The molecular weight excluding hydrogens is 390 g/mol. The number of likely N-dealkylation sites (N-methyl/N-ethyl adjacent to an activating group) is 1. The Morgan fingerprint density at radius 2 is 1.86 bits per heavy atom. The number of para-hydroxylation sites is 1. The topological polar surface area (TPSA) is 65.7 Å². The van der Waals surface area contributed by atoms with Crippen LogP contribution in [0, 0.1) is 0 Å². The molecule has 8 heteroatoms. The maximum atomic E-state index is 13.5. The summed E-state index contributed by atoms with van der Waals surface area (Å²) in [5.41, 5.74) is 1.01. The molecule has 0 fully saturated rings. The molecule has 4 rings (SSSR count). The van der Waals surface area contributed by atoms with Crippen LogP contribution in [0.15, 0.2) is 39.9 Å². The van der Waals surface area contributed by atoms with Crippen molar-refractivity contribution in [2.24, 2.45) is 0 Å². The zero-order valence-electron chi connectivity index (χ0n) is 16.9. The zero-order valence-corrected chi connectivity index (χ0v) is 17.7. The van der Waals surface area contributed by atoms with E-state index in [2.05, 4.69) is 11.8 Å². The van der Waals surface area contributed by atoms with Crippen molar-refractivity contribution in [2.45, 2.75) is 32.7 Å². The fourth-order valence-electron chi connectivity index (χ4n) is 3.89. The summed E-state index contributed by atoms with van der Waals surface area (Å²) in [6.45, 7) is 5.04. The van der Waals surface area contributed by atoms with E-state index in [0.717, 1.165) is 36.5 Å². The smallest absolute Gasteiger partial charge is 0.336 e. The molecule has 0 radical (unpaired) electrons. The van der Waals surface area contributed by atoms with Crippen molar-refractivity contribution in [3.63, 3.8) is 0 Å². The number of rotatable bonds is 6. The Kier molecular flexibility index (Phi) is 5.69. The Morgan fingerprint density at radius 1 is 1.14 bits per heavy atom. The second-order valence-electron chi connectivity index (χ2n) is 7.07. The third kappa shape index (κ3) is 3.46. The Balaban J connectivity index is 2.02. The standard InChI is InChI=1S/C21H25N3O4S/c1-4-22-11-10-15-16(12-22)29-20-18(15)19(25)24(14-8-6-5-7-9-14)21(26)23(20)13-17(27-2)28-3/h5-9,17H,4,10-13H2,1-3H3. The molecule has 1 aliphatic heterocycles. The van der Waals surface area contributed by atoms with E-state index in [0.29, 0.717) is 15.9 Å². The number of ether oxygens (including phenoxy) is 2. The van der Waals surface area contributed by atoms with Crippen molar-refractivity contribution in [2.75, 3.05) is 27.3 Å². The van der Waals surface area contributed by atoms with Crippen molar-refractivity contribution < 1.29 is 9.47 Å². The van der Waals surface area contributed by atoms with Crippen molar-refractivity contribution in [1.82, 2.24) is 14.0 Å². The van der Waals surface area contributed by atoms with Crippen molar-refractivity contribution in [3.05, 3.63) is 61.6 Å². The van der Waals surface area contributed by atoms with Crippen LogP contribution < -0.4 is 11.2 Å². The molecule has 29 heavy (non-hydrogen) atoms. The molecule has 0 aliphatic carbocycles. The highest BCUT2D eigenvalue weighted by Gasteiger charge is 2.27. The van der Waals surface area contributed by atoms with Gasteiger partial charge in [0.25, 0.3) is 5.56 Å². The van der Waals surface area contributed by atoms with Gasteiger partial charge >= 0.3 is 5.69 Å². The van der Waals surface area contributed by atoms with Crippen LogP contribution in [0.3, 0.4) is 0 Å². The highest BCUT2D eigenvalue weighted by Crippen LogP contribution is 2.33. The molecule has 3 aromatic rings. The van der Waals surface area contributed by atoms with E-state index in [-0.39, 0.29) is 17.8 Å². The van der Waals surface area contributed by atoms with E-state index in [4.69, 9.17) is 9.47 Å². The van der Waals surface area contributed by atoms with Gasteiger partial charge in [0.1, 0.15) is 4.83 Å². The summed E-state index contributed by atoms with van der Waals surface area (Å²) >= 11 is 1.54. The Labute approximate surface area is 172 Å². The van der Waals surface area contributed by atoms with Gasteiger partial charge in [-0.3, -0.25) is 14.3 Å². The molecule has 0 saturated carbocycles. The maximum Gasteiger partial charge on any atom is 0.336 e. The van der Waals surface area contributed by atoms with E-state index in [9.17, 15) is 9.59 Å². The number of fused-ring (bicyclic) bond motifs is 3. The molecule has 0 N–H and O–H groups in total. The first-order valence-corrected chi connectivity index (χ1v) is 10.5. The average Bonchev–Trinajstić information content (AvgIpc) is 3.13. The lowest BCUT2D eigenvalue weighted by Gasteiger charge is -2.25. The first-order chi connectivity index (χ1) is 14.1.